The van der Waals surface area contributed by atoms with Crippen LogP contribution in [0.3, 0.4) is 0 Å². The molecule has 7 heteroatoms. The van der Waals surface area contributed by atoms with Gasteiger partial charge in [0.2, 0.25) is 5.95 Å². The number of pyridine rings is 1. The van der Waals surface area contributed by atoms with Gasteiger partial charge in [0.1, 0.15) is 12.1 Å². The number of aromatic nitrogens is 4. The third-order valence-corrected chi connectivity index (χ3v) is 2.03. The van der Waals surface area contributed by atoms with Crippen molar-refractivity contribution in [1.82, 2.24) is 20.2 Å². The average molecular weight is 218 g/mol. The highest BCUT2D eigenvalue weighted by Crippen LogP contribution is 2.21. The molecule has 2 heterocycles. The Bertz CT molecular complexity index is 494. The summed E-state index contributed by atoms with van der Waals surface area (Å²) >= 11 is 0. The number of primary amides is 1. The molecule has 0 bridgehead atoms. The smallest absolute Gasteiger partial charge is 0.327 e. The fraction of sp³-hybridized carbons (Fsp3) is 0.111. The van der Waals surface area contributed by atoms with E-state index in [1.54, 1.807) is 12.3 Å². The summed E-state index contributed by atoms with van der Waals surface area (Å²) in [6.45, 7) is 1.83. The Hall–Kier alpha value is -2.44. The van der Waals surface area contributed by atoms with Crippen molar-refractivity contribution in [3.63, 3.8) is 0 Å². The van der Waals surface area contributed by atoms with E-state index in [2.05, 4.69) is 20.2 Å². The SMILES string of the molecule is Cc1cccnc1N(C(N)=O)c1ncn[nH]1. The lowest BCUT2D eigenvalue weighted by molar-refractivity contribution is 0.255. The number of aromatic amines is 1. The van der Waals surface area contributed by atoms with Crippen LogP contribution >= 0.6 is 0 Å². The number of hydrogen-bond donors (Lipinski definition) is 2. The van der Waals surface area contributed by atoms with Crippen molar-refractivity contribution in [2.24, 2.45) is 5.73 Å². The van der Waals surface area contributed by atoms with Crippen LogP contribution in [0.4, 0.5) is 16.6 Å². The second-order valence-electron chi connectivity index (χ2n) is 3.13. The van der Waals surface area contributed by atoms with Crippen molar-refractivity contribution in [3.05, 3.63) is 30.2 Å². The van der Waals surface area contributed by atoms with Crippen molar-refractivity contribution in [2.45, 2.75) is 6.92 Å². The molecule has 0 aromatic carbocycles. The van der Waals surface area contributed by atoms with E-state index in [-0.39, 0.29) is 5.95 Å². The topological polar surface area (TPSA) is 101 Å². The monoisotopic (exact) mass is 218 g/mol. The number of nitrogens with two attached hydrogens (primary N) is 1. The molecule has 3 N–H and O–H groups in total. The molecule has 2 aromatic rings. The van der Waals surface area contributed by atoms with Crippen LogP contribution in [-0.2, 0) is 0 Å². The summed E-state index contributed by atoms with van der Waals surface area (Å²) in [5.41, 5.74) is 6.11. The Morgan fingerprint density at radius 2 is 2.31 bits per heavy atom. The van der Waals surface area contributed by atoms with Gasteiger partial charge in [0.05, 0.1) is 0 Å². The molecular weight excluding hydrogens is 208 g/mol. The van der Waals surface area contributed by atoms with Crippen molar-refractivity contribution in [1.29, 1.82) is 0 Å². The van der Waals surface area contributed by atoms with Crippen molar-refractivity contribution < 1.29 is 4.79 Å². The van der Waals surface area contributed by atoms with E-state index < -0.39 is 6.03 Å². The zero-order chi connectivity index (χ0) is 11.5. The van der Waals surface area contributed by atoms with Gasteiger partial charge < -0.3 is 5.73 Å². The molecule has 0 saturated carbocycles. The molecule has 7 nitrogen and oxygen atoms in total. The third kappa shape index (κ3) is 1.70. The lowest BCUT2D eigenvalue weighted by Crippen LogP contribution is -2.33. The molecule has 82 valence electrons. The first kappa shape index (κ1) is 10.1. The van der Waals surface area contributed by atoms with Gasteiger partial charge in [-0.2, -0.15) is 10.1 Å². The summed E-state index contributed by atoms with van der Waals surface area (Å²) in [7, 11) is 0. The van der Waals surface area contributed by atoms with E-state index >= 15 is 0 Å². The van der Waals surface area contributed by atoms with Gasteiger partial charge in [-0.15, -0.1) is 0 Å². The molecule has 16 heavy (non-hydrogen) atoms. The Morgan fingerprint density at radius 3 is 2.88 bits per heavy atom. The maximum atomic E-state index is 11.4. The second kappa shape index (κ2) is 3.97. The number of urea groups is 1. The summed E-state index contributed by atoms with van der Waals surface area (Å²) in [4.78, 5) is 20.5. The summed E-state index contributed by atoms with van der Waals surface area (Å²) < 4.78 is 0. The summed E-state index contributed by atoms with van der Waals surface area (Å²) in [5, 5.41) is 6.24. The molecular formula is C9H10N6O. The van der Waals surface area contributed by atoms with Gasteiger partial charge in [0, 0.05) is 6.20 Å². The molecule has 0 atom stereocenters. The highest BCUT2D eigenvalue weighted by Gasteiger charge is 2.20. The van der Waals surface area contributed by atoms with Crippen LogP contribution < -0.4 is 10.6 Å². The number of nitrogens with zero attached hydrogens (tertiary/aromatic N) is 4. The molecule has 0 fully saturated rings. The van der Waals surface area contributed by atoms with E-state index in [1.165, 1.54) is 11.2 Å². The zero-order valence-corrected chi connectivity index (χ0v) is 8.58. The summed E-state index contributed by atoms with van der Waals surface area (Å²) in [5.74, 6) is 0.682. The van der Waals surface area contributed by atoms with Gasteiger partial charge in [0.25, 0.3) is 0 Å². The Labute approximate surface area is 91.3 Å². The van der Waals surface area contributed by atoms with Crippen molar-refractivity contribution >= 4 is 17.8 Å². The highest BCUT2D eigenvalue weighted by molar-refractivity contribution is 5.96. The number of amides is 2. The Kier molecular flexibility index (Phi) is 2.50. The van der Waals surface area contributed by atoms with Crippen LogP contribution in [0.1, 0.15) is 5.56 Å². The van der Waals surface area contributed by atoms with Gasteiger partial charge in [-0.25, -0.2) is 19.8 Å². The first-order valence-electron chi connectivity index (χ1n) is 4.56. The predicted octanol–water partition coefficient (Wildman–Crippen LogP) is 0.725. The number of anilines is 2. The number of carbonyl (C=O) groups is 1. The predicted molar refractivity (Wildman–Crippen MR) is 57.1 cm³/mol. The van der Waals surface area contributed by atoms with Crippen molar-refractivity contribution in [3.8, 4) is 0 Å². The van der Waals surface area contributed by atoms with Crippen LogP contribution in [0.25, 0.3) is 0 Å². The number of aryl methyl sites for hydroxylation is 1. The highest BCUT2D eigenvalue weighted by atomic mass is 16.2. The molecule has 0 aliphatic carbocycles. The third-order valence-electron chi connectivity index (χ3n) is 2.03. The minimum absolute atomic E-state index is 0.245. The van der Waals surface area contributed by atoms with Gasteiger partial charge >= 0.3 is 6.03 Å². The molecule has 0 spiro atoms. The normalized spacial score (nSPS) is 10.1. The number of nitrogens with one attached hydrogen (secondary N) is 1. The molecule has 2 aromatic heterocycles. The lowest BCUT2D eigenvalue weighted by atomic mass is 10.3. The number of rotatable bonds is 2. The second-order valence-corrected chi connectivity index (χ2v) is 3.13. The molecule has 0 unspecified atom stereocenters. The summed E-state index contributed by atoms with van der Waals surface area (Å²) in [6, 6.07) is 2.94. The van der Waals surface area contributed by atoms with E-state index in [0.29, 0.717) is 5.82 Å². The number of hydrogen-bond acceptors (Lipinski definition) is 4. The fourth-order valence-corrected chi connectivity index (χ4v) is 1.33. The molecule has 2 rings (SSSR count). The molecule has 0 aliphatic rings. The Morgan fingerprint density at radius 1 is 1.50 bits per heavy atom. The van der Waals surface area contributed by atoms with Crippen LogP contribution in [0.2, 0.25) is 0 Å². The first-order chi connectivity index (χ1) is 7.70. The molecule has 0 radical (unpaired) electrons. The van der Waals surface area contributed by atoms with Crippen molar-refractivity contribution in [2.75, 3.05) is 4.90 Å². The van der Waals surface area contributed by atoms with E-state index in [1.807, 2.05) is 13.0 Å². The standard InChI is InChI=1S/C9H10N6O/c1-6-3-2-4-11-7(6)15(8(10)16)9-12-5-13-14-9/h2-5H,1H3,(H2,10,16)(H,12,13,14). The van der Waals surface area contributed by atoms with Gasteiger partial charge in [-0.05, 0) is 18.6 Å². The minimum atomic E-state index is -0.668. The zero-order valence-electron chi connectivity index (χ0n) is 8.58. The lowest BCUT2D eigenvalue weighted by Gasteiger charge is -2.17. The average Bonchev–Trinajstić information content (AvgIpc) is 2.74. The maximum absolute atomic E-state index is 11.4. The fourth-order valence-electron chi connectivity index (χ4n) is 1.33. The van der Waals surface area contributed by atoms with Gasteiger partial charge in [0.15, 0.2) is 0 Å². The van der Waals surface area contributed by atoms with Crippen LogP contribution in [0.5, 0.6) is 0 Å². The van der Waals surface area contributed by atoms with E-state index in [9.17, 15) is 4.79 Å². The van der Waals surface area contributed by atoms with E-state index in [4.69, 9.17) is 5.73 Å². The van der Waals surface area contributed by atoms with Crippen LogP contribution in [-0.4, -0.2) is 26.2 Å². The van der Waals surface area contributed by atoms with Crippen LogP contribution in [0.15, 0.2) is 24.7 Å². The minimum Gasteiger partial charge on any atom is -0.351 e. The summed E-state index contributed by atoms with van der Waals surface area (Å²) in [6.07, 6.45) is 2.87. The molecule has 0 aliphatic heterocycles. The van der Waals surface area contributed by atoms with Crippen LogP contribution in [0, 0.1) is 6.92 Å². The Balaban J connectivity index is 2.50. The quantitative estimate of drug-likeness (QED) is 0.775. The largest absolute Gasteiger partial charge is 0.351 e. The number of carbonyl (C=O) groups excluding carboxylic acids is 1. The van der Waals surface area contributed by atoms with Gasteiger partial charge in [-0.1, -0.05) is 6.07 Å². The molecule has 0 saturated heterocycles. The first-order valence-corrected chi connectivity index (χ1v) is 4.56. The molecule has 2 amide bonds. The number of H-pyrrole nitrogens is 1. The maximum Gasteiger partial charge on any atom is 0.327 e. The van der Waals surface area contributed by atoms with E-state index in [0.717, 1.165) is 5.56 Å². The van der Waals surface area contributed by atoms with Gasteiger partial charge in [-0.3, -0.25) is 0 Å².